The third-order valence-electron chi connectivity index (χ3n) is 6.88. The Morgan fingerprint density at radius 2 is 2.04 bits per heavy atom. The number of Topliss-reactive ketones (excluding diaryl/α,β-unsaturated/α-hetero) is 1. The van der Waals surface area contributed by atoms with Gasteiger partial charge in [0.25, 0.3) is 0 Å². The molecule has 0 bridgehead atoms. The Morgan fingerprint density at radius 3 is 2.63 bits per heavy atom. The first-order valence-electron chi connectivity index (χ1n) is 10.9. The molecular formula is C24H39NO2. The number of rotatable bonds is 9. The van der Waals surface area contributed by atoms with E-state index >= 15 is 0 Å². The average Bonchev–Trinajstić information content (AvgIpc) is 2.66. The van der Waals surface area contributed by atoms with E-state index in [-0.39, 0.29) is 22.9 Å². The van der Waals surface area contributed by atoms with Crippen molar-refractivity contribution in [1.82, 2.24) is 4.90 Å². The van der Waals surface area contributed by atoms with Crippen LogP contribution in [0.4, 0.5) is 0 Å². The van der Waals surface area contributed by atoms with Gasteiger partial charge < -0.3 is 10.0 Å². The molecule has 152 valence electrons. The molecule has 2 rings (SSSR count). The van der Waals surface area contributed by atoms with Crippen LogP contribution in [0.3, 0.4) is 0 Å². The van der Waals surface area contributed by atoms with Crippen LogP contribution >= 0.6 is 0 Å². The molecule has 3 atom stereocenters. The number of hydrogen-bond donors (Lipinski definition) is 1. The van der Waals surface area contributed by atoms with Gasteiger partial charge in [0.2, 0.25) is 0 Å². The Kier molecular flexibility index (Phi) is 7.91. The Bertz CT molecular complexity index is 627. The maximum Gasteiger partial charge on any atom is 0.169 e. The summed E-state index contributed by atoms with van der Waals surface area (Å²) >= 11 is 0. The summed E-state index contributed by atoms with van der Waals surface area (Å²) < 4.78 is 0. The number of benzene rings is 1. The van der Waals surface area contributed by atoms with Crippen LogP contribution < -0.4 is 0 Å². The summed E-state index contributed by atoms with van der Waals surface area (Å²) in [6, 6.07) is 5.76. The number of carbonyl (C=O) groups excluding carboxylic acids is 1. The van der Waals surface area contributed by atoms with Gasteiger partial charge in [-0.05, 0) is 61.4 Å². The van der Waals surface area contributed by atoms with Crippen molar-refractivity contribution in [3.63, 3.8) is 0 Å². The topological polar surface area (TPSA) is 40.5 Å². The first kappa shape index (κ1) is 21.9. The second-order valence-electron chi connectivity index (χ2n) is 8.84. The lowest BCUT2D eigenvalue weighted by Crippen LogP contribution is -2.47. The number of carbonyl (C=O) groups is 1. The summed E-state index contributed by atoms with van der Waals surface area (Å²) in [6.45, 7) is 14.3. The van der Waals surface area contributed by atoms with Gasteiger partial charge in [0.15, 0.2) is 5.78 Å². The zero-order valence-corrected chi connectivity index (χ0v) is 18.1. The Morgan fingerprint density at radius 1 is 1.30 bits per heavy atom. The molecule has 1 N–H and O–H groups in total. The van der Waals surface area contributed by atoms with E-state index in [9.17, 15) is 9.90 Å². The van der Waals surface area contributed by atoms with E-state index in [0.29, 0.717) is 11.5 Å². The molecule has 3 nitrogen and oxygen atoms in total. The zero-order chi connectivity index (χ0) is 20.0. The Labute approximate surface area is 166 Å². The minimum absolute atomic E-state index is 0.0432. The van der Waals surface area contributed by atoms with Crippen molar-refractivity contribution in [2.24, 2.45) is 11.8 Å². The lowest BCUT2D eigenvalue weighted by atomic mass is 9.67. The van der Waals surface area contributed by atoms with Gasteiger partial charge in [0.1, 0.15) is 5.75 Å². The van der Waals surface area contributed by atoms with Crippen LogP contribution in [0.2, 0.25) is 0 Å². The molecule has 0 aromatic heterocycles. The molecule has 0 spiro atoms. The smallest absolute Gasteiger partial charge is 0.169 e. The summed E-state index contributed by atoms with van der Waals surface area (Å²) in [5.41, 5.74) is 1.69. The molecule has 3 unspecified atom stereocenters. The number of likely N-dealkylation sites (tertiary alicyclic amines) is 1. The standard InChI is InChI=1S/C24H39NO2/c1-6-8-9-10-14-25-15-13-24(5,19(4)17-25)20-11-12-21(22(26)16-20)23(27)18(3)7-2/h11-12,16,18-19,26H,6-10,13-15,17H2,1-5H3. The number of unbranched alkanes of at least 4 members (excludes halogenated alkanes) is 3. The van der Waals surface area contributed by atoms with E-state index in [0.717, 1.165) is 25.9 Å². The van der Waals surface area contributed by atoms with Crippen molar-refractivity contribution in [2.75, 3.05) is 19.6 Å². The summed E-state index contributed by atoms with van der Waals surface area (Å²) in [7, 11) is 0. The van der Waals surface area contributed by atoms with Crippen molar-refractivity contribution >= 4 is 5.78 Å². The van der Waals surface area contributed by atoms with Crippen LogP contribution in [0.5, 0.6) is 5.75 Å². The van der Waals surface area contributed by atoms with E-state index in [2.05, 4.69) is 31.7 Å². The van der Waals surface area contributed by atoms with Crippen molar-refractivity contribution in [2.45, 2.75) is 78.6 Å². The third-order valence-corrected chi connectivity index (χ3v) is 6.88. The fourth-order valence-electron chi connectivity index (χ4n) is 4.26. The van der Waals surface area contributed by atoms with E-state index in [1.807, 2.05) is 26.0 Å². The molecule has 1 aromatic carbocycles. The highest BCUT2D eigenvalue weighted by Gasteiger charge is 2.38. The van der Waals surface area contributed by atoms with Gasteiger partial charge in [-0.2, -0.15) is 0 Å². The third kappa shape index (κ3) is 5.13. The molecule has 1 aromatic rings. The molecule has 1 aliphatic rings. The summed E-state index contributed by atoms with van der Waals surface area (Å²) in [6.07, 6.45) is 7.14. The average molecular weight is 374 g/mol. The van der Waals surface area contributed by atoms with E-state index in [4.69, 9.17) is 0 Å². The summed E-state index contributed by atoms with van der Waals surface area (Å²) in [5, 5.41) is 10.5. The van der Waals surface area contributed by atoms with Gasteiger partial charge in [0, 0.05) is 12.5 Å². The minimum Gasteiger partial charge on any atom is -0.507 e. The lowest BCUT2D eigenvalue weighted by molar-refractivity contribution is 0.0924. The number of aromatic hydroxyl groups is 1. The van der Waals surface area contributed by atoms with Crippen molar-refractivity contribution < 1.29 is 9.90 Å². The second kappa shape index (κ2) is 9.73. The quantitative estimate of drug-likeness (QED) is 0.439. The number of ketones is 1. The SMILES string of the molecule is CCCCCCN1CCC(C)(c2ccc(C(=O)C(C)CC)c(O)c2)C(C)C1. The molecule has 1 heterocycles. The number of phenolic OH excluding ortho intramolecular Hbond substituents is 1. The fraction of sp³-hybridized carbons (Fsp3) is 0.708. The zero-order valence-electron chi connectivity index (χ0n) is 18.1. The van der Waals surface area contributed by atoms with E-state index in [1.165, 1.54) is 37.8 Å². The van der Waals surface area contributed by atoms with Crippen LogP contribution in [0, 0.1) is 11.8 Å². The largest absolute Gasteiger partial charge is 0.507 e. The van der Waals surface area contributed by atoms with Gasteiger partial charge >= 0.3 is 0 Å². The molecular weight excluding hydrogens is 334 g/mol. The van der Waals surface area contributed by atoms with E-state index < -0.39 is 0 Å². The van der Waals surface area contributed by atoms with Crippen LogP contribution in [-0.2, 0) is 5.41 Å². The molecule has 3 heteroatoms. The van der Waals surface area contributed by atoms with E-state index in [1.54, 1.807) is 0 Å². The number of hydrogen-bond acceptors (Lipinski definition) is 3. The Balaban J connectivity index is 2.07. The van der Waals surface area contributed by atoms with Crippen molar-refractivity contribution in [3.8, 4) is 5.75 Å². The van der Waals surface area contributed by atoms with Crippen LogP contribution in [0.15, 0.2) is 18.2 Å². The van der Waals surface area contributed by atoms with Crippen LogP contribution in [-0.4, -0.2) is 35.4 Å². The van der Waals surface area contributed by atoms with Crippen LogP contribution in [0.1, 0.15) is 89.1 Å². The molecule has 0 amide bonds. The van der Waals surface area contributed by atoms with Crippen molar-refractivity contribution in [1.29, 1.82) is 0 Å². The molecule has 1 saturated heterocycles. The molecule has 1 fully saturated rings. The molecule has 0 aliphatic carbocycles. The van der Waals surface area contributed by atoms with Gasteiger partial charge in [-0.15, -0.1) is 0 Å². The minimum atomic E-state index is -0.0489. The number of piperidine rings is 1. The predicted molar refractivity (Wildman–Crippen MR) is 114 cm³/mol. The molecule has 1 aliphatic heterocycles. The first-order chi connectivity index (χ1) is 12.8. The maximum absolute atomic E-state index is 12.5. The first-order valence-corrected chi connectivity index (χ1v) is 10.9. The van der Waals surface area contributed by atoms with Crippen LogP contribution in [0.25, 0.3) is 0 Å². The highest BCUT2D eigenvalue weighted by atomic mass is 16.3. The highest BCUT2D eigenvalue weighted by molar-refractivity contribution is 6.00. The van der Waals surface area contributed by atoms with Gasteiger partial charge in [-0.1, -0.05) is 59.9 Å². The normalized spacial score (nSPS) is 24.7. The lowest BCUT2D eigenvalue weighted by Gasteiger charge is -2.45. The second-order valence-corrected chi connectivity index (χ2v) is 8.84. The van der Waals surface area contributed by atoms with Gasteiger partial charge in [0.05, 0.1) is 5.56 Å². The molecule has 27 heavy (non-hydrogen) atoms. The number of phenols is 1. The predicted octanol–water partition coefficient (Wildman–Crippen LogP) is 5.80. The summed E-state index contributed by atoms with van der Waals surface area (Å²) in [4.78, 5) is 15.1. The molecule has 0 radical (unpaired) electrons. The van der Waals surface area contributed by atoms with Gasteiger partial charge in [-0.3, -0.25) is 4.79 Å². The highest BCUT2D eigenvalue weighted by Crippen LogP contribution is 2.41. The monoisotopic (exact) mass is 373 g/mol. The molecule has 0 saturated carbocycles. The van der Waals surface area contributed by atoms with Crippen molar-refractivity contribution in [3.05, 3.63) is 29.3 Å². The maximum atomic E-state index is 12.5. The van der Waals surface area contributed by atoms with Gasteiger partial charge in [-0.25, -0.2) is 0 Å². The Hall–Kier alpha value is -1.35. The fourth-order valence-corrected chi connectivity index (χ4v) is 4.26. The number of nitrogens with zero attached hydrogens (tertiary/aromatic N) is 1. The summed E-state index contributed by atoms with van der Waals surface area (Å²) in [5.74, 6) is 0.662.